The average molecular weight is 281 g/mol. The van der Waals surface area contributed by atoms with Crippen molar-refractivity contribution in [3.63, 3.8) is 0 Å². The molecule has 2 N–H and O–H groups in total. The lowest BCUT2D eigenvalue weighted by molar-refractivity contribution is 0.471. The predicted molar refractivity (Wildman–Crippen MR) is 71.6 cm³/mol. The van der Waals surface area contributed by atoms with Crippen LogP contribution in [-0.2, 0) is 16.8 Å². The van der Waals surface area contributed by atoms with Crippen molar-refractivity contribution in [2.75, 3.05) is 11.8 Å². The maximum atomic E-state index is 12.0. The van der Waals surface area contributed by atoms with Crippen LogP contribution < -0.4 is 4.72 Å². The number of anilines is 1. The number of hydrogen-bond donors (Lipinski definition) is 2. The molecule has 0 aliphatic carbocycles. The standard InChI is InChI=1S/C11H15N5O2S/c1-9-12-11(14-13-9)15-19(17,18)16(2)8-10-6-4-3-5-7-10/h3-7H,8H2,1-2H3,(H2,12,13,14,15). The van der Waals surface area contributed by atoms with E-state index < -0.39 is 10.2 Å². The van der Waals surface area contributed by atoms with Gasteiger partial charge in [0.1, 0.15) is 5.82 Å². The van der Waals surface area contributed by atoms with Crippen molar-refractivity contribution in [3.8, 4) is 0 Å². The van der Waals surface area contributed by atoms with Crippen molar-refractivity contribution >= 4 is 16.2 Å². The Morgan fingerprint density at radius 2 is 2.00 bits per heavy atom. The van der Waals surface area contributed by atoms with Crippen LogP contribution in [0.4, 0.5) is 5.95 Å². The third-order valence-electron chi connectivity index (χ3n) is 2.48. The first-order valence-electron chi connectivity index (χ1n) is 5.64. The van der Waals surface area contributed by atoms with Gasteiger partial charge in [-0.1, -0.05) is 30.3 Å². The van der Waals surface area contributed by atoms with Crippen LogP contribution in [0.25, 0.3) is 0 Å². The number of rotatable bonds is 5. The molecule has 0 saturated heterocycles. The highest BCUT2D eigenvalue weighted by atomic mass is 32.2. The van der Waals surface area contributed by atoms with Crippen molar-refractivity contribution in [3.05, 3.63) is 41.7 Å². The molecule has 0 aliphatic rings. The molecule has 1 heterocycles. The first-order valence-corrected chi connectivity index (χ1v) is 7.08. The van der Waals surface area contributed by atoms with Gasteiger partial charge in [0, 0.05) is 13.6 Å². The molecule has 1 aromatic carbocycles. The summed E-state index contributed by atoms with van der Waals surface area (Å²) >= 11 is 0. The second kappa shape index (κ2) is 5.37. The smallest absolute Gasteiger partial charge is 0.261 e. The summed E-state index contributed by atoms with van der Waals surface area (Å²) < 4.78 is 27.6. The topological polar surface area (TPSA) is 91.0 Å². The number of H-pyrrole nitrogens is 1. The molecule has 7 nitrogen and oxygen atoms in total. The summed E-state index contributed by atoms with van der Waals surface area (Å²) in [4.78, 5) is 3.90. The number of aromatic nitrogens is 3. The zero-order chi connectivity index (χ0) is 13.9. The molecule has 102 valence electrons. The van der Waals surface area contributed by atoms with E-state index in [9.17, 15) is 8.42 Å². The predicted octanol–water partition coefficient (Wildman–Crippen LogP) is 0.902. The fourth-order valence-corrected chi connectivity index (χ4v) is 2.30. The lowest BCUT2D eigenvalue weighted by atomic mass is 10.2. The Morgan fingerprint density at radius 3 is 2.58 bits per heavy atom. The zero-order valence-corrected chi connectivity index (χ0v) is 11.5. The first-order chi connectivity index (χ1) is 8.97. The van der Waals surface area contributed by atoms with Gasteiger partial charge in [-0.15, -0.1) is 5.10 Å². The molecule has 0 atom stereocenters. The Bertz CT molecular complexity index is 638. The summed E-state index contributed by atoms with van der Waals surface area (Å²) in [5, 5.41) is 6.31. The molecule has 0 amide bonds. The highest BCUT2D eigenvalue weighted by Gasteiger charge is 2.19. The van der Waals surface area contributed by atoms with Gasteiger partial charge < -0.3 is 0 Å². The van der Waals surface area contributed by atoms with Gasteiger partial charge >= 0.3 is 10.2 Å². The third-order valence-corrected chi connectivity index (χ3v) is 3.87. The molecular formula is C11H15N5O2S. The quantitative estimate of drug-likeness (QED) is 0.852. The first kappa shape index (κ1) is 13.5. The number of benzene rings is 1. The maximum absolute atomic E-state index is 12.0. The van der Waals surface area contributed by atoms with E-state index in [-0.39, 0.29) is 12.5 Å². The molecule has 0 spiro atoms. The number of hydrogen-bond acceptors (Lipinski definition) is 4. The van der Waals surface area contributed by atoms with E-state index in [4.69, 9.17) is 0 Å². The van der Waals surface area contributed by atoms with Gasteiger partial charge in [-0.2, -0.15) is 17.7 Å². The molecule has 0 bridgehead atoms. The van der Waals surface area contributed by atoms with E-state index in [1.54, 1.807) is 6.92 Å². The molecule has 19 heavy (non-hydrogen) atoms. The second-order valence-corrected chi connectivity index (χ2v) is 5.87. The summed E-state index contributed by atoms with van der Waals surface area (Å²) in [6.45, 7) is 1.97. The van der Waals surface area contributed by atoms with Gasteiger partial charge in [0.05, 0.1) is 0 Å². The Hall–Kier alpha value is -1.93. The minimum atomic E-state index is -3.66. The Balaban J connectivity index is 2.07. The molecule has 0 radical (unpaired) electrons. The molecule has 0 fully saturated rings. The van der Waals surface area contributed by atoms with Crippen LogP contribution in [0.5, 0.6) is 0 Å². The van der Waals surface area contributed by atoms with E-state index in [2.05, 4.69) is 19.9 Å². The lowest BCUT2D eigenvalue weighted by Gasteiger charge is -2.16. The van der Waals surface area contributed by atoms with E-state index in [0.29, 0.717) is 5.82 Å². The number of nitrogens with zero attached hydrogens (tertiary/aromatic N) is 3. The van der Waals surface area contributed by atoms with Gasteiger partial charge in [0.15, 0.2) is 0 Å². The van der Waals surface area contributed by atoms with E-state index in [0.717, 1.165) is 5.56 Å². The lowest BCUT2D eigenvalue weighted by Crippen LogP contribution is -2.32. The molecule has 2 rings (SSSR count). The Kier molecular flexibility index (Phi) is 3.82. The van der Waals surface area contributed by atoms with Gasteiger partial charge in [-0.05, 0) is 12.5 Å². The van der Waals surface area contributed by atoms with Crippen molar-refractivity contribution in [1.29, 1.82) is 0 Å². The number of nitrogens with one attached hydrogen (secondary N) is 2. The molecule has 2 aromatic rings. The van der Waals surface area contributed by atoms with Gasteiger partial charge in [0.25, 0.3) is 5.95 Å². The van der Waals surface area contributed by atoms with Crippen molar-refractivity contribution in [1.82, 2.24) is 19.5 Å². The molecule has 0 aliphatic heterocycles. The van der Waals surface area contributed by atoms with Gasteiger partial charge in [-0.3, -0.25) is 5.10 Å². The van der Waals surface area contributed by atoms with E-state index >= 15 is 0 Å². The summed E-state index contributed by atoms with van der Waals surface area (Å²) in [5.74, 6) is 0.584. The second-order valence-electron chi connectivity index (χ2n) is 4.09. The highest BCUT2D eigenvalue weighted by Crippen LogP contribution is 2.09. The average Bonchev–Trinajstić information content (AvgIpc) is 2.75. The third kappa shape index (κ3) is 3.52. The molecule has 1 aromatic heterocycles. The molecular weight excluding hydrogens is 266 g/mol. The summed E-state index contributed by atoms with van der Waals surface area (Å²) in [5.41, 5.74) is 0.904. The van der Waals surface area contributed by atoms with Crippen LogP contribution in [-0.4, -0.2) is 35.0 Å². The van der Waals surface area contributed by atoms with E-state index in [1.165, 1.54) is 11.4 Å². The van der Waals surface area contributed by atoms with Crippen molar-refractivity contribution in [2.24, 2.45) is 0 Å². The SMILES string of the molecule is Cc1nc(NS(=O)(=O)N(C)Cc2ccccc2)n[nH]1. The van der Waals surface area contributed by atoms with Crippen LogP contribution in [0.15, 0.2) is 30.3 Å². The van der Waals surface area contributed by atoms with Gasteiger partial charge in [0.2, 0.25) is 0 Å². The summed E-state index contributed by atoms with van der Waals surface area (Å²) in [6, 6.07) is 9.34. The Labute approximate surface area is 111 Å². The Morgan fingerprint density at radius 1 is 1.32 bits per heavy atom. The highest BCUT2D eigenvalue weighted by molar-refractivity contribution is 7.90. The summed E-state index contributed by atoms with van der Waals surface area (Å²) in [6.07, 6.45) is 0. The van der Waals surface area contributed by atoms with Crippen molar-refractivity contribution < 1.29 is 8.42 Å². The van der Waals surface area contributed by atoms with Crippen LogP contribution in [0.1, 0.15) is 11.4 Å². The fraction of sp³-hybridized carbons (Fsp3) is 0.273. The zero-order valence-electron chi connectivity index (χ0n) is 10.7. The fourth-order valence-electron chi connectivity index (χ4n) is 1.51. The number of aromatic amines is 1. The molecule has 0 saturated carbocycles. The normalized spacial score (nSPS) is 11.7. The largest absolute Gasteiger partial charge is 0.304 e. The van der Waals surface area contributed by atoms with Crippen LogP contribution in [0.3, 0.4) is 0 Å². The van der Waals surface area contributed by atoms with Crippen LogP contribution in [0.2, 0.25) is 0 Å². The molecule has 0 unspecified atom stereocenters. The minimum absolute atomic E-state index is 0.0393. The number of aryl methyl sites for hydroxylation is 1. The molecule has 8 heteroatoms. The monoisotopic (exact) mass is 281 g/mol. The minimum Gasteiger partial charge on any atom is -0.261 e. The van der Waals surface area contributed by atoms with Crippen molar-refractivity contribution in [2.45, 2.75) is 13.5 Å². The maximum Gasteiger partial charge on any atom is 0.304 e. The van der Waals surface area contributed by atoms with Crippen LogP contribution in [0, 0.1) is 6.92 Å². The summed E-state index contributed by atoms with van der Waals surface area (Å²) in [7, 11) is -2.16. The van der Waals surface area contributed by atoms with Crippen LogP contribution >= 0.6 is 0 Å². The van der Waals surface area contributed by atoms with E-state index in [1.807, 2.05) is 30.3 Å². The van der Waals surface area contributed by atoms with Gasteiger partial charge in [-0.25, -0.2) is 4.72 Å².